The predicted octanol–water partition coefficient (Wildman–Crippen LogP) is 0.671. The minimum atomic E-state index is -0.168. The number of rotatable bonds is 10. The molecule has 0 aromatic carbocycles. The van der Waals surface area contributed by atoms with E-state index in [0.717, 1.165) is 64.4 Å². The van der Waals surface area contributed by atoms with Crippen molar-refractivity contribution in [1.29, 1.82) is 0 Å². The molecular formula is C16H34N4O2. The summed E-state index contributed by atoms with van der Waals surface area (Å²) in [6.45, 7) is 7.31. The van der Waals surface area contributed by atoms with Crippen molar-refractivity contribution in [3.8, 4) is 0 Å². The maximum absolute atomic E-state index is 9.86. The summed E-state index contributed by atoms with van der Waals surface area (Å²) < 4.78 is 5.06. The molecule has 130 valence electrons. The van der Waals surface area contributed by atoms with E-state index in [1.807, 2.05) is 0 Å². The van der Waals surface area contributed by atoms with Crippen LogP contribution in [0.1, 0.15) is 32.6 Å². The van der Waals surface area contributed by atoms with Crippen LogP contribution in [0.15, 0.2) is 4.99 Å². The summed E-state index contributed by atoms with van der Waals surface area (Å²) in [6, 6.07) is 0. The largest absolute Gasteiger partial charge is 0.393 e. The second-order valence-electron chi connectivity index (χ2n) is 6.05. The first-order valence-corrected chi connectivity index (χ1v) is 8.55. The van der Waals surface area contributed by atoms with Crippen LogP contribution in [-0.2, 0) is 4.74 Å². The summed E-state index contributed by atoms with van der Waals surface area (Å²) in [5, 5.41) is 16.5. The molecule has 1 rings (SSSR count). The Balaban J connectivity index is 2.24. The molecule has 2 atom stereocenters. The van der Waals surface area contributed by atoms with Gasteiger partial charge in [-0.25, -0.2) is 0 Å². The topological polar surface area (TPSA) is 69.1 Å². The van der Waals surface area contributed by atoms with Crippen LogP contribution in [0, 0.1) is 5.92 Å². The van der Waals surface area contributed by atoms with Crippen molar-refractivity contribution in [2.24, 2.45) is 10.9 Å². The predicted molar refractivity (Wildman–Crippen MR) is 91.3 cm³/mol. The summed E-state index contributed by atoms with van der Waals surface area (Å²) in [7, 11) is 3.86. The highest BCUT2D eigenvalue weighted by Gasteiger charge is 2.24. The standard InChI is InChI=1S/C16H34N4O2/c1-4-17-16(19-13-14-7-5-8-15(14)21)18-9-11-20(2)10-6-12-22-3/h14-15,21H,4-13H2,1-3H3,(H2,17,18,19). The molecule has 1 saturated carbocycles. The molecule has 6 nitrogen and oxygen atoms in total. The maximum atomic E-state index is 9.86. The van der Waals surface area contributed by atoms with Gasteiger partial charge in [0.1, 0.15) is 0 Å². The van der Waals surface area contributed by atoms with Gasteiger partial charge in [-0.15, -0.1) is 0 Å². The van der Waals surface area contributed by atoms with Crippen LogP contribution in [0.25, 0.3) is 0 Å². The molecule has 6 heteroatoms. The first kappa shape index (κ1) is 19.2. The molecule has 22 heavy (non-hydrogen) atoms. The van der Waals surface area contributed by atoms with E-state index in [9.17, 15) is 5.11 Å². The smallest absolute Gasteiger partial charge is 0.191 e. The van der Waals surface area contributed by atoms with Crippen molar-refractivity contribution in [1.82, 2.24) is 15.5 Å². The molecule has 3 N–H and O–H groups in total. The molecule has 0 aromatic rings. The average molecular weight is 314 g/mol. The third-order valence-corrected chi connectivity index (χ3v) is 4.12. The van der Waals surface area contributed by atoms with Gasteiger partial charge in [0, 0.05) is 52.4 Å². The Kier molecular flexibility index (Phi) is 10.2. The zero-order valence-electron chi connectivity index (χ0n) is 14.5. The summed E-state index contributed by atoms with van der Waals surface area (Å²) in [5.74, 6) is 1.18. The van der Waals surface area contributed by atoms with E-state index in [1.165, 1.54) is 0 Å². The van der Waals surface area contributed by atoms with Crippen molar-refractivity contribution in [3.05, 3.63) is 0 Å². The van der Waals surface area contributed by atoms with Gasteiger partial charge in [-0.1, -0.05) is 6.42 Å². The fourth-order valence-corrected chi connectivity index (χ4v) is 2.74. The minimum Gasteiger partial charge on any atom is -0.393 e. The lowest BCUT2D eigenvalue weighted by molar-refractivity contribution is 0.136. The molecule has 1 fully saturated rings. The lowest BCUT2D eigenvalue weighted by Crippen LogP contribution is -2.41. The Morgan fingerprint density at radius 1 is 1.32 bits per heavy atom. The lowest BCUT2D eigenvalue weighted by Gasteiger charge is -2.18. The van der Waals surface area contributed by atoms with Crippen LogP contribution >= 0.6 is 0 Å². The van der Waals surface area contributed by atoms with Crippen molar-refractivity contribution in [2.45, 2.75) is 38.7 Å². The van der Waals surface area contributed by atoms with Crippen molar-refractivity contribution in [2.75, 3.05) is 53.5 Å². The van der Waals surface area contributed by atoms with Crippen LogP contribution in [0.2, 0.25) is 0 Å². The number of nitrogens with one attached hydrogen (secondary N) is 2. The Bertz CT molecular complexity index is 313. The molecule has 0 aliphatic heterocycles. The van der Waals surface area contributed by atoms with Gasteiger partial charge in [0.25, 0.3) is 0 Å². The van der Waals surface area contributed by atoms with Crippen LogP contribution in [0.3, 0.4) is 0 Å². The van der Waals surface area contributed by atoms with Gasteiger partial charge in [0.05, 0.1) is 6.10 Å². The quantitative estimate of drug-likeness (QED) is 0.314. The molecule has 1 aliphatic carbocycles. The average Bonchev–Trinajstić information content (AvgIpc) is 2.90. The molecule has 0 saturated heterocycles. The molecule has 1 aliphatic rings. The second kappa shape index (κ2) is 11.7. The van der Waals surface area contributed by atoms with Gasteiger partial charge < -0.3 is 25.4 Å². The van der Waals surface area contributed by atoms with E-state index in [4.69, 9.17) is 4.74 Å². The van der Waals surface area contributed by atoms with Gasteiger partial charge in [0.15, 0.2) is 5.96 Å². The van der Waals surface area contributed by atoms with Crippen molar-refractivity contribution >= 4 is 5.96 Å². The summed E-state index contributed by atoms with van der Waals surface area (Å²) >= 11 is 0. The van der Waals surface area contributed by atoms with Gasteiger partial charge >= 0.3 is 0 Å². The van der Waals surface area contributed by atoms with E-state index in [1.54, 1.807) is 7.11 Å². The number of likely N-dealkylation sites (N-methyl/N-ethyl adjacent to an activating group) is 1. The Labute approximate surface area is 135 Å². The van der Waals surface area contributed by atoms with Gasteiger partial charge in [-0.3, -0.25) is 4.99 Å². The number of aliphatic imine (C=N–C) groups is 1. The van der Waals surface area contributed by atoms with E-state index < -0.39 is 0 Å². The number of guanidine groups is 1. The highest BCUT2D eigenvalue weighted by atomic mass is 16.5. The molecule has 0 spiro atoms. The van der Waals surface area contributed by atoms with Crippen LogP contribution in [-0.4, -0.2) is 75.6 Å². The number of aliphatic hydroxyl groups excluding tert-OH is 1. The fraction of sp³-hybridized carbons (Fsp3) is 0.938. The molecule has 0 heterocycles. The molecule has 0 bridgehead atoms. The molecule has 2 unspecified atom stereocenters. The molecular weight excluding hydrogens is 280 g/mol. The third-order valence-electron chi connectivity index (χ3n) is 4.12. The SMILES string of the molecule is CCNC(=NCC1CCCC1O)NCCN(C)CCCOC. The van der Waals surface area contributed by atoms with Crippen LogP contribution in [0.4, 0.5) is 0 Å². The molecule has 0 radical (unpaired) electrons. The van der Waals surface area contributed by atoms with Crippen LogP contribution < -0.4 is 10.6 Å². The van der Waals surface area contributed by atoms with Crippen molar-refractivity contribution in [3.63, 3.8) is 0 Å². The zero-order chi connectivity index (χ0) is 16.2. The normalized spacial score (nSPS) is 22.3. The van der Waals surface area contributed by atoms with Gasteiger partial charge in [-0.2, -0.15) is 0 Å². The van der Waals surface area contributed by atoms with Crippen LogP contribution in [0.5, 0.6) is 0 Å². The summed E-state index contributed by atoms with van der Waals surface area (Å²) in [5.41, 5.74) is 0. The first-order chi connectivity index (χ1) is 10.7. The Morgan fingerprint density at radius 2 is 2.14 bits per heavy atom. The van der Waals surface area contributed by atoms with Gasteiger partial charge in [-0.05, 0) is 33.2 Å². The number of aliphatic hydroxyl groups is 1. The van der Waals surface area contributed by atoms with E-state index in [2.05, 4.69) is 34.5 Å². The van der Waals surface area contributed by atoms with E-state index in [0.29, 0.717) is 12.5 Å². The summed E-state index contributed by atoms with van der Waals surface area (Å²) in [4.78, 5) is 6.90. The molecule has 0 aromatic heterocycles. The Morgan fingerprint density at radius 3 is 2.77 bits per heavy atom. The third kappa shape index (κ3) is 7.96. The van der Waals surface area contributed by atoms with E-state index >= 15 is 0 Å². The maximum Gasteiger partial charge on any atom is 0.191 e. The van der Waals surface area contributed by atoms with Crippen molar-refractivity contribution < 1.29 is 9.84 Å². The number of hydrogen-bond acceptors (Lipinski definition) is 4. The van der Waals surface area contributed by atoms with E-state index in [-0.39, 0.29) is 6.10 Å². The number of nitrogens with zero attached hydrogens (tertiary/aromatic N) is 2. The Hall–Kier alpha value is -0.850. The highest BCUT2D eigenvalue weighted by molar-refractivity contribution is 5.79. The summed E-state index contributed by atoms with van der Waals surface area (Å²) in [6.07, 6.45) is 4.03. The molecule has 0 amide bonds. The number of methoxy groups -OCH3 is 1. The van der Waals surface area contributed by atoms with Gasteiger partial charge in [0.2, 0.25) is 0 Å². The fourth-order valence-electron chi connectivity index (χ4n) is 2.74. The lowest BCUT2D eigenvalue weighted by atomic mass is 10.1. The number of ether oxygens (including phenoxy) is 1. The minimum absolute atomic E-state index is 0.168. The monoisotopic (exact) mass is 314 g/mol. The first-order valence-electron chi connectivity index (χ1n) is 8.55. The second-order valence-corrected chi connectivity index (χ2v) is 6.05. The zero-order valence-corrected chi connectivity index (χ0v) is 14.5. The highest BCUT2D eigenvalue weighted by Crippen LogP contribution is 2.25. The number of hydrogen-bond donors (Lipinski definition) is 3.